The van der Waals surface area contributed by atoms with E-state index in [1.807, 2.05) is 6.07 Å². The van der Waals surface area contributed by atoms with Gasteiger partial charge >= 0.3 is 12.0 Å². The molecule has 20 heavy (non-hydrogen) atoms. The highest BCUT2D eigenvalue weighted by molar-refractivity contribution is 5.92. The first-order valence-corrected chi connectivity index (χ1v) is 6.34. The van der Waals surface area contributed by atoms with Crippen LogP contribution in [0.3, 0.4) is 0 Å². The van der Waals surface area contributed by atoms with Crippen molar-refractivity contribution in [2.24, 2.45) is 0 Å². The summed E-state index contributed by atoms with van der Waals surface area (Å²) in [6, 6.07) is 5.93. The fraction of sp³-hybridized carbons (Fsp3) is 0.429. The molecule has 0 spiro atoms. The lowest BCUT2D eigenvalue weighted by Crippen LogP contribution is -2.44. The minimum atomic E-state index is -1.02. The van der Waals surface area contributed by atoms with E-state index in [4.69, 9.17) is 9.84 Å². The van der Waals surface area contributed by atoms with E-state index in [9.17, 15) is 9.59 Å². The van der Waals surface area contributed by atoms with Crippen LogP contribution in [0.4, 0.5) is 10.5 Å². The van der Waals surface area contributed by atoms with E-state index in [0.717, 1.165) is 5.56 Å². The third-order valence-electron chi connectivity index (χ3n) is 2.95. The maximum absolute atomic E-state index is 12.0. The smallest absolute Gasteiger partial charge is 0.326 e. The number of benzene rings is 1. The zero-order valence-corrected chi connectivity index (χ0v) is 11.9. The van der Waals surface area contributed by atoms with Crippen molar-refractivity contribution in [3.8, 4) is 0 Å². The highest BCUT2D eigenvalue weighted by atomic mass is 16.5. The first kappa shape index (κ1) is 16.0. The second-order valence-corrected chi connectivity index (χ2v) is 4.44. The molecule has 6 nitrogen and oxygen atoms in total. The van der Waals surface area contributed by atoms with Crippen LogP contribution in [0, 0.1) is 0 Å². The third-order valence-corrected chi connectivity index (χ3v) is 2.95. The van der Waals surface area contributed by atoms with Crippen LogP contribution in [-0.2, 0) is 16.1 Å². The van der Waals surface area contributed by atoms with E-state index in [1.165, 1.54) is 11.9 Å². The van der Waals surface area contributed by atoms with Gasteiger partial charge in [0.15, 0.2) is 0 Å². The Bertz CT molecular complexity index is 476. The average Bonchev–Trinajstić information content (AvgIpc) is 2.39. The Morgan fingerprint density at radius 1 is 1.45 bits per heavy atom. The summed E-state index contributed by atoms with van der Waals surface area (Å²) in [6.45, 7) is 2.17. The topological polar surface area (TPSA) is 78.9 Å². The molecule has 0 aliphatic rings. The summed E-state index contributed by atoms with van der Waals surface area (Å²) in [6.07, 6.45) is 0.350. The van der Waals surface area contributed by atoms with Crippen LogP contribution in [-0.4, -0.2) is 42.2 Å². The van der Waals surface area contributed by atoms with E-state index in [2.05, 4.69) is 5.32 Å². The minimum absolute atomic E-state index is 0.350. The number of rotatable bonds is 6. The Kier molecular flexibility index (Phi) is 5.99. The summed E-state index contributed by atoms with van der Waals surface area (Å²) in [5, 5.41) is 11.7. The van der Waals surface area contributed by atoms with Gasteiger partial charge in [0.2, 0.25) is 0 Å². The SMILES string of the molecule is CCC(C(=O)O)N(C)C(=O)Nc1cccc(COC)c1. The molecule has 1 rings (SSSR count). The third kappa shape index (κ3) is 4.24. The fourth-order valence-corrected chi connectivity index (χ4v) is 1.87. The van der Waals surface area contributed by atoms with Crippen molar-refractivity contribution < 1.29 is 19.4 Å². The van der Waals surface area contributed by atoms with Gasteiger partial charge in [0.05, 0.1) is 6.61 Å². The number of nitrogens with zero attached hydrogens (tertiary/aromatic N) is 1. The van der Waals surface area contributed by atoms with Crippen molar-refractivity contribution in [1.82, 2.24) is 4.90 Å². The highest BCUT2D eigenvalue weighted by Gasteiger charge is 2.24. The highest BCUT2D eigenvalue weighted by Crippen LogP contribution is 2.13. The first-order chi connectivity index (χ1) is 9.49. The summed E-state index contributed by atoms with van der Waals surface area (Å²) in [5.41, 5.74) is 1.54. The van der Waals surface area contributed by atoms with E-state index in [-0.39, 0.29) is 0 Å². The van der Waals surface area contributed by atoms with Crippen LogP contribution >= 0.6 is 0 Å². The molecule has 0 bridgehead atoms. The molecule has 0 saturated carbocycles. The number of hydrogen-bond acceptors (Lipinski definition) is 3. The second-order valence-electron chi connectivity index (χ2n) is 4.44. The van der Waals surface area contributed by atoms with Crippen molar-refractivity contribution in [3.05, 3.63) is 29.8 Å². The Balaban J connectivity index is 2.74. The molecule has 2 N–H and O–H groups in total. The number of urea groups is 1. The molecule has 6 heteroatoms. The number of likely N-dealkylation sites (N-methyl/N-ethyl adjacent to an activating group) is 1. The molecule has 0 aliphatic heterocycles. The molecule has 1 aromatic carbocycles. The van der Waals surface area contributed by atoms with Gasteiger partial charge in [0, 0.05) is 19.8 Å². The molecule has 1 unspecified atom stereocenters. The molecule has 0 heterocycles. The zero-order chi connectivity index (χ0) is 15.1. The summed E-state index contributed by atoms with van der Waals surface area (Å²) in [7, 11) is 3.06. The Labute approximate surface area is 118 Å². The number of ether oxygens (including phenoxy) is 1. The van der Waals surface area contributed by atoms with Gasteiger partial charge in [-0.15, -0.1) is 0 Å². The van der Waals surface area contributed by atoms with Crippen LogP contribution < -0.4 is 5.32 Å². The lowest BCUT2D eigenvalue weighted by Gasteiger charge is -2.24. The molecular weight excluding hydrogens is 260 g/mol. The number of hydrogen-bond donors (Lipinski definition) is 2. The van der Waals surface area contributed by atoms with Gasteiger partial charge in [-0.25, -0.2) is 9.59 Å². The van der Waals surface area contributed by atoms with Gasteiger partial charge in [-0.2, -0.15) is 0 Å². The first-order valence-electron chi connectivity index (χ1n) is 6.34. The number of carboxylic acid groups (broad SMARTS) is 1. The number of anilines is 1. The molecule has 0 saturated heterocycles. The van der Waals surface area contributed by atoms with Crippen LogP contribution in [0.2, 0.25) is 0 Å². The van der Waals surface area contributed by atoms with Crippen molar-refractivity contribution in [2.75, 3.05) is 19.5 Å². The number of amides is 2. The van der Waals surface area contributed by atoms with Crippen molar-refractivity contribution in [2.45, 2.75) is 26.0 Å². The Hall–Kier alpha value is -2.08. The maximum atomic E-state index is 12.0. The van der Waals surface area contributed by atoms with Crippen LogP contribution in [0.25, 0.3) is 0 Å². The van der Waals surface area contributed by atoms with Crippen LogP contribution in [0.15, 0.2) is 24.3 Å². The minimum Gasteiger partial charge on any atom is -0.480 e. The van der Waals surface area contributed by atoms with Crippen molar-refractivity contribution >= 4 is 17.7 Å². The second kappa shape index (κ2) is 7.49. The molecule has 1 aromatic rings. The van der Waals surface area contributed by atoms with Gasteiger partial charge in [-0.1, -0.05) is 19.1 Å². The summed E-state index contributed by atoms with van der Waals surface area (Å²) < 4.78 is 5.02. The number of carbonyl (C=O) groups excluding carboxylic acids is 1. The normalized spacial score (nSPS) is 11.8. The van der Waals surface area contributed by atoms with Crippen LogP contribution in [0.1, 0.15) is 18.9 Å². The van der Waals surface area contributed by atoms with Crippen molar-refractivity contribution in [1.29, 1.82) is 0 Å². The van der Waals surface area contributed by atoms with Gasteiger partial charge in [0.1, 0.15) is 6.04 Å². The van der Waals surface area contributed by atoms with Gasteiger partial charge in [0.25, 0.3) is 0 Å². The molecule has 2 amide bonds. The predicted octanol–water partition coefficient (Wildman–Crippen LogP) is 2.16. The van der Waals surface area contributed by atoms with E-state index >= 15 is 0 Å². The molecule has 0 fully saturated rings. The zero-order valence-electron chi connectivity index (χ0n) is 11.9. The number of nitrogens with one attached hydrogen (secondary N) is 1. The molecule has 110 valence electrons. The lowest BCUT2D eigenvalue weighted by atomic mass is 10.2. The number of methoxy groups -OCH3 is 1. The van der Waals surface area contributed by atoms with Gasteiger partial charge in [-0.05, 0) is 24.1 Å². The van der Waals surface area contributed by atoms with E-state index < -0.39 is 18.0 Å². The van der Waals surface area contributed by atoms with E-state index in [0.29, 0.717) is 18.7 Å². The van der Waals surface area contributed by atoms with Crippen molar-refractivity contribution in [3.63, 3.8) is 0 Å². The largest absolute Gasteiger partial charge is 0.480 e. The number of carbonyl (C=O) groups is 2. The maximum Gasteiger partial charge on any atom is 0.326 e. The Morgan fingerprint density at radius 3 is 2.70 bits per heavy atom. The van der Waals surface area contributed by atoms with Gasteiger partial charge < -0.3 is 20.1 Å². The van der Waals surface area contributed by atoms with E-state index in [1.54, 1.807) is 32.2 Å². The fourth-order valence-electron chi connectivity index (χ4n) is 1.87. The van der Waals surface area contributed by atoms with Crippen LogP contribution in [0.5, 0.6) is 0 Å². The predicted molar refractivity (Wildman–Crippen MR) is 75.7 cm³/mol. The van der Waals surface area contributed by atoms with Gasteiger partial charge in [-0.3, -0.25) is 0 Å². The molecule has 0 aromatic heterocycles. The quantitative estimate of drug-likeness (QED) is 0.837. The monoisotopic (exact) mass is 280 g/mol. The molecule has 1 atom stereocenters. The summed E-state index contributed by atoms with van der Waals surface area (Å²) in [4.78, 5) is 24.2. The average molecular weight is 280 g/mol. The summed E-state index contributed by atoms with van der Waals surface area (Å²) >= 11 is 0. The number of aliphatic carboxylic acids is 1. The summed E-state index contributed by atoms with van der Waals surface area (Å²) in [5.74, 6) is -1.02. The molecule has 0 radical (unpaired) electrons. The standard InChI is InChI=1S/C14H20N2O4/c1-4-12(13(17)18)16(2)14(19)15-11-7-5-6-10(8-11)9-20-3/h5-8,12H,4,9H2,1-3H3,(H,15,19)(H,17,18). The lowest BCUT2D eigenvalue weighted by molar-refractivity contribution is -0.141. The number of carboxylic acids is 1. The molecular formula is C14H20N2O4. The Morgan fingerprint density at radius 2 is 2.15 bits per heavy atom. The molecule has 0 aliphatic carbocycles.